The van der Waals surface area contributed by atoms with Crippen LogP contribution in [-0.4, -0.2) is 36.3 Å². The van der Waals surface area contributed by atoms with E-state index >= 15 is 0 Å². The van der Waals surface area contributed by atoms with Crippen LogP contribution in [0.3, 0.4) is 0 Å². The van der Waals surface area contributed by atoms with Crippen molar-refractivity contribution in [2.24, 2.45) is 0 Å². The second-order valence-corrected chi connectivity index (χ2v) is 6.74. The lowest BCUT2D eigenvalue weighted by Gasteiger charge is -2.28. The summed E-state index contributed by atoms with van der Waals surface area (Å²) >= 11 is 0. The van der Waals surface area contributed by atoms with E-state index in [4.69, 9.17) is 14.7 Å². The molecule has 0 atom stereocenters. The van der Waals surface area contributed by atoms with Crippen LogP contribution in [0.1, 0.15) is 11.1 Å². The Morgan fingerprint density at radius 1 is 0.963 bits per heavy atom. The van der Waals surface area contributed by atoms with Gasteiger partial charge >= 0.3 is 0 Å². The lowest BCUT2D eigenvalue weighted by atomic mass is 10.1. The Hall–Kier alpha value is -2.92. The summed E-state index contributed by atoms with van der Waals surface area (Å²) in [5.74, 6) is 2.53. The van der Waals surface area contributed by atoms with Crippen LogP contribution >= 0.6 is 0 Å². The highest BCUT2D eigenvalue weighted by molar-refractivity contribution is 5.62. The monoisotopic (exact) mass is 360 g/mol. The molecule has 4 rings (SSSR count). The highest BCUT2D eigenvalue weighted by Gasteiger charge is 2.15. The van der Waals surface area contributed by atoms with Gasteiger partial charge in [-0.3, -0.25) is 0 Å². The summed E-state index contributed by atoms with van der Waals surface area (Å²) in [6.07, 6.45) is 0. The number of nitrogens with one attached hydrogen (secondary N) is 1. The lowest BCUT2D eigenvalue weighted by Crippen LogP contribution is -2.36. The van der Waals surface area contributed by atoms with E-state index < -0.39 is 0 Å². The predicted molar refractivity (Wildman–Crippen MR) is 109 cm³/mol. The Morgan fingerprint density at radius 3 is 2.56 bits per heavy atom. The van der Waals surface area contributed by atoms with Crippen LogP contribution in [0.15, 0.2) is 60.7 Å². The van der Waals surface area contributed by atoms with Gasteiger partial charge in [0.25, 0.3) is 0 Å². The van der Waals surface area contributed by atoms with Crippen molar-refractivity contribution in [3.05, 3.63) is 71.8 Å². The number of morpholine rings is 1. The van der Waals surface area contributed by atoms with Crippen LogP contribution < -0.4 is 10.2 Å². The predicted octanol–water partition coefficient (Wildman–Crippen LogP) is 3.90. The number of rotatable bonds is 5. The van der Waals surface area contributed by atoms with E-state index in [9.17, 15) is 0 Å². The van der Waals surface area contributed by atoms with Gasteiger partial charge in [0.05, 0.1) is 13.2 Å². The Morgan fingerprint density at radius 2 is 1.78 bits per heavy atom. The molecular formula is C22H24N4O. The normalized spacial score (nSPS) is 14.2. The number of benzene rings is 2. The number of nitrogens with zero attached hydrogens (tertiary/aromatic N) is 3. The van der Waals surface area contributed by atoms with Crippen LogP contribution in [0.2, 0.25) is 0 Å². The van der Waals surface area contributed by atoms with Crippen LogP contribution in [0.25, 0.3) is 11.4 Å². The standard InChI is InChI=1S/C22H24N4O/c1-17-6-5-7-18(14-17)16-23-20-15-21(26-10-12-27-13-11-26)25-22(24-20)19-8-3-2-4-9-19/h2-9,14-15H,10-13,16H2,1H3,(H,23,24,25). The molecule has 1 aliphatic rings. The first-order valence-electron chi connectivity index (χ1n) is 9.34. The van der Waals surface area contributed by atoms with E-state index in [-0.39, 0.29) is 0 Å². The van der Waals surface area contributed by atoms with Gasteiger partial charge in [0.2, 0.25) is 0 Å². The number of ether oxygens (including phenoxy) is 1. The van der Waals surface area contributed by atoms with Gasteiger partial charge in [-0.1, -0.05) is 60.2 Å². The average molecular weight is 360 g/mol. The quantitative estimate of drug-likeness (QED) is 0.748. The summed E-state index contributed by atoms with van der Waals surface area (Å²) in [6.45, 7) is 6.01. The molecule has 2 heterocycles. The third-order valence-corrected chi connectivity index (χ3v) is 4.64. The zero-order chi connectivity index (χ0) is 18.5. The number of aromatic nitrogens is 2. The van der Waals surface area contributed by atoms with Crippen molar-refractivity contribution in [3.63, 3.8) is 0 Å². The van der Waals surface area contributed by atoms with Gasteiger partial charge in [0, 0.05) is 31.3 Å². The molecule has 1 N–H and O–H groups in total. The molecule has 0 saturated carbocycles. The molecule has 0 bridgehead atoms. The molecule has 27 heavy (non-hydrogen) atoms. The van der Waals surface area contributed by atoms with E-state index in [0.29, 0.717) is 0 Å². The Balaban J connectivity index is 1.62. The Bertz CT molecular complexity index is 892. The fourth-order valence-electron chi connectivity index (χ4n) is 3.21. The topological polar surface area (TPSA) is 50.3 Å². The number of hydrogen-bond acceptors (Lipinski definition) is 5. The summed E-state index contributed by atoms with van der Waals surface area (Å²) in [4.78, 5) is 11.8. The largest absolute Gasteiger partial charge is 0.378 e. The van der Waals surface area contributed by atoms with Gasteiger partial charge in [0.1, 0.15) is 11.6 Å². The van der Waals surface area contributed by atoms with Crippen LogP contribution in [-0.2, 0) is 11.3 Å². The fraction of sp³-hybridized carbons (Fsp3) is 0.273. The van der Waals surface area contributed by atoms with Gasteiger partial charge in [-0.15, -0.1) is 0 Å². The van der Waals surface area contributed by atoms with E-state index in [1.54, 1.807) is 0 Å². The first kappa shape index (κ1) is 17.5. The molecular weight excluding hydrogens is 336 g/mol. The SMILES string of the molecule is Cc1cccc(CNc2cc(N3CCOCC3)nc(-c3ccccc3)n2)c1. The molecule has 1 aliphatic heterocycles. The highest BCUT2D eigenvalue weighted by atomic mass is 16.5. The van der Waals surface area contributed by atoms with E-state index in [1.807, 2.05) is 36.4 Å². The minimum Gasteiger partial charge on any atom is -0.378 e. The zero-order valence-corrected chi connectivity index (χ0v) is 15.6. The Kier molecular flexibility index (Phi) is 5.30. The summed E-state index contributed by atoms with van der Waals surface area (Å²) < 4.78 is 5.48. The fourth-order valence-corrected chi connectivity index (χ4v) is 3.21. The van der Waals surface area contributed by atoms with Crippen molar-refractivity contribution in [2.75, 3.05) is 36.5 Å². The second-order valence-electron chi connectivity index (χ2n) is 6.74. The molecule has 1 aromatic heterocycles. The van der Waals surface area contributed by atoms with Crippen LogP contribution in [0.5, 0.6) is 0 Å². The molecule has 0 spiro atoms. The van der Waals surface area contributed by atoms with Crippen molar-refractivity contribution in [1.29, 1.82) is 0 Å². The minimum absolute atomic E-state index is 0.732. The van der Waals surface area contributed by atoms with E-state index in [1.165, 1.54) is 11.1 Å². The molecule has 3 aromatic rings. The molecule has 1 fully saturated rings. The molecule has 1 saturated heterocycles. The average Bonchev–Trinajstić information content (AvgIpc) is 2.73. The summed E-state index contributed by atoms with van der Waals surface area (Å²) in [5, 5.41) is 3.47. The molecule has 138 valence electrons. The van der Waals surface area contributed by atoms with Crippen LogP contribution in [0, 0.1) is 6.92 Å². The van der Waals surface area contributed by atoms with E-state index in [0.717, 1.165) is 55.9 Å². The number of anilines is 2. The van der Waals surface area contributed by atoms with Crippen molar-refractivity contribution in [1.82, 2.24) is 9.97 Å². The second kappa shape index (κ2) is 8.18. The molecule has 2 aromatic carbocycles. The van der Waals surface area contributed by atoms with Crippen molar-refractivity contribution >= 4 is 11.6 Å². The van der Waals surface area contributed by atoms with Crippen molar-refractivity contribution in [3.8, 4) is 11.4 Å². The smallest absolute Gasteiger partial charge is 0.163 e. The van der Waals surface area contributed by atoms with Crippen LogP contribution in [0.4, 0.5) is 11.6 Å². The third-order valence-electron chi connectivity index (χ3n) is 4.64. The number of hydrogen-bond donors (Lipinski definition) is 1. The third kappa shape index (κ3) is 4.44. The Labute approximate surface area is 160 Å². The number of aryl methyl sites for hydroxylation is 1. The molecule has 0 radical (unpaired) electrons. The van der Waals surface area contributed by atoms with Gasteiger partial charge in [-0.25, -0.2) is 9.97 Å². The summed E-state index contributed by atoms with van der Waals surface area (Å²) in [5.41, 5.74) is 3.52. The maximum absolute atomic E-state index is 5.48. The van der Waals surface area contributed by atoms with Gasteiger partial charge < -0.3 is 15.0 Å². The maximum atomic E-state index is 5.48. The van der Waals surface area contributed by atoms with Crippen molar-refractivity contribution in [2.45, 2.75) is 13.5 Å². The molecule has 5 nitrogen and oxygen atoms in total. The molecule has 5 heteroatoms. The zero-order valence-electron chi connectivity index (χ0n) is 15.6. The first-order valence-corrected chi connectivity index (χ1v) is 9.34. The lowest BCUT2D eigenvalue weighted by molar-refractivity contribution is 0.122. The minimum atomic E-state index is 0.732. The maximum Gasteiger partial charge on any atom is 0.163 e. The van der Waals surface area contributed by atoms with Gasteiger partial charge in [-0.05, 0) is 12.5 Å². The summed E-state index contributed by atoms with van der Waals surface area (Å²) in [7, 11) is 0. The van der Waals surface area contributed by atoms with E-state index in [2.05, 4.69) is 41.4 Å². The van der Waals surface area contributed by atoms with Crippen molar-refractivity contribution < 1.29 is 4.74 Å². The first-order chi connectivity index (χ1) is 13.3. The summed E-state index contributed by atoms with van der Waals surface area (Å²) in [6, 6.07) is 20.7. The molecule has 0 amide bonds. The molecule has 0 unspecified atom stereocenters. The highest BCUT2D eigenvalue weighted by Crippen LogP contribution is 2.23. The molecule has 0 aliphatic carbocycles. The van der Waals surface area contributed by atoms with Gasteiger partial charge in [0.15, 0.2) is 5.82 Å². The van der Waals surface area contributed by atoms with Gasteiger partial charge in [-0.2, -0.15) is 0 Å².